The average Bonchev–Trinajstić information content (AvgIpc) is 2.88. The molecule has 0 aromatic rings. The third-order valence-corrected chi connectivity index (χ3v) is 4.09. The second-order valence-corrected chi connectivity index (χ2v) is 5.40. The van der Waals surface area contributed by atoms with Crippen molar-refractivity contribution in [2.45, 2.75) is 64.0 Å². The zero-order valence-corrected chi connectivity index (χ0v) is 10.3. The van der Waals surface area contributed by atoms with Crippen LogP contribution in [-0.4, -0.2) is 24.5 Å². The fraction of sp³-hybridized carbons (Fsp3) is 0.923. The van der Waals surface area contributed by atoms with Gasteiger partial charge >= 0.3 is 0 Å². The first-order valence-electron chi connectivity index (χ1n) is 6.78. The van der Waals surface area contributed by atoms with Crippen LogP contribution in [0.4, 0.5) is 0 Å². The molecule has 0 aromatic carbocycles. The number of carbonyl (C=O) groups excluding carboxylic acids is 1. The number of nitrogens with one attached hydrogen (secondary N) is 2. The highest BCUT2D eigenvalue weighted by Crippen LogP contribution is 2.27. The van der Waals surface area contributed by atoms with Gasteiger partial charge in [-0.15, -0.1) is 0 Å². The van der Waals surface area contributed by atoms with Crippen molar-refractivity contribution in [2.75, 3.05) is 6.54 Å². The van der Waals surface area contributed by atoms with E-state index in [0.29, 0.717) is 18.5 Å². The highest BCUT2D eigenvalue weighted by atomic mass is 16.1. The van der Waals surface area contributed by atoms with Gasteiger partial charge in [-0.05, 0) is 45.1 Å². The van der Waals surface area contributed by atoms with Crippen LogP contribution in [0.3, 0.4) is 0 Å². The SMILES string of the molecule is C[C@H](NC(=O)CC1CCCN1)C1CCCC1. The molecule has 1 unspecified atom stereocenters. The van der Waals surface area contributed by atoms with Gasteiger partial charge in [-0.3, -0.25) is 4.79 Å². The monoisotopic (exact) mass is 224 g/mol. The quantitative estimate of drug-likeness (QED) is 0.765. The lowest BCUT2D eigenvalue weighted by molar-refractivity contribution is -0.122. The van der Waals surface area contributed by atoms with E-state index in [1.54, 1.807) is 0 Å². The molecule has 3 heteroatoms. The standard InChI is InChI=1S/C13H24N2O/c1-10(11-5-2-3-6-11)15-13(16)9-12-7-4-8-14-12/h10-12,14H,2-9H2,1H3,(H,15,16)/t10-,12?/m0/s1. The summed E-state index contributed by atoms with van der Waals surface area (Å²) in [4.78, 5) is 11.8. The summed E-state index contributed by atoms with van der Waals surface area (Å²) in [6.45, 7) is 3.24. The van der Waals surface area contributed by atoms with E-state index in [-0.39, 0.29) is 5.91 Å². The summed E-state index contributed by atoms with van der Waals surface area (Å²) in [5.41, 5.74) is 0. The van der Waals surface area contributed by atoms with Crippen molar-refractivity contribution in [3.05, 3.63) is 0 Å². The van der Waals surface area contributed by atoms with Gasteiger partial charge in [0.25, 0.3) is 0 Å². The molecule has 0 aromatic heterocycles. The molecule has 0 bridgehead atoms. The third-order valence-electron chi connectivity index (χ3n) is 4.09. The molecule has 2 fully saturated rings. The van der Waals surface area contributed by atoms with Gasteiger partial charge in [-0.2, -0.15) is 0 Å². The van der Waals surface area contributed by atoms with Crippen LogP contribution in [0.2, 0.25) is 0 Å². The minimum Gasteiger partial charge on any atom is -0.353 e. The third kappa shape index (κ3) is 3.21. The van der Waals surface area contributed by atoms with E-state index < -0.39 is 0 Å². The molecule has 1 saturated carbocycles. The maximum absolute atomic E-state index is 11.8. The predicted octanol–water partition coefficient (Wildman–Crippen LogP) is 1.82. The van der Waals surface area contributed by atoms with Crippen LogP contribution >= 0.6 is 0 Å². The van der Waals surface area contributed by atoms with Crippen LogP contribution in [0.25, 0.3) is 0 Å². The molecule has 1 saturated heterocycles. The van der Waals surface area contributed by atoms with E-state index in [1.165, 1.54) is 32.1 Å². The molecule has 2 atom stereocenters. The van der Waals surface area contributed by atoms with E-state index in [9.17, 15) is 4.79 Å². The average molecular weight is 224 g/mol. The van der Waals surface area contributed by atoms with Crippen LogP contribution in [-0.2, 0) is 4.79 Å². The summed E-state index contributed by atoms with van der Waals surface area (Å²) in [5.74, 6) is 0.958. The smallest absolute Gasteiger partial charge is 0.221 e. The highest BCUT2D eigenvalue weighted by molar-refractivity contribution is 5.76. The molecule has 16 heavy (non-hydrogen) atoms. The van der Waals surface area contributed by atoms with Crippen molar-refractivity contribution in [1.29, 1.82) is 0 Å². The van der Waals surface area contributed by atoms with Gasteiger partial charge < -0.3 is 10.6 Å². The second kappa shape index (κ2) is 5.67. The first-order chi connectivity index (χ1) is 7.75. The molecule has 0 spiro atoms. The summed E-state index contributed by atoms with van der Waals surface area (Å²) in [7, 11) is 0. The normalized spacial score (nSPS) is 28.2. The molecule has 2 rings (SSSR count). The lowest BCUT2D eigenvalue weighted by Gasteiger charge is -2.21. The van der Waals surface area contributed by atoms with E-state index >= 15 is 0 Å². The molecule has 2 N–H and O–H groups in total. The van der Waals surface area contributed by atoms with Gasteiger partial charge in [0.15, 0.2) is 0 Å². The molecule has 3 nitrogen and oxygen atoms in total. The number of rotatable bonds is 4. The topological polar surface area (TPSA) is 41.1 Å². The summed E-state index contributed by atoms with van der Waals surface area (Å²) in [6, 6.07) is 0.798. The summed E-state index contributed by atoms with van der Waals surface area (Å²) >= 11 is 0. The number of amides is 1. The fourth-order valence-electron chi connectivity index (χ4n) is 3.04. The van der Waals surface area contributed by atoms with Crippen molar-refractivity contribution >= 4 is 5.91 Å². The van der Waals surface area contributed by atoms with Crippen LogP contribution in [0.1, 0.15) is 51.9 Å². The molecule has 0 radical (unpaired) electrons. The van der Waals surface area contributed by atoms with Crippen LogP contribution in [0, 0.1) is 5.92 Å². The maximum atomic E-state index is 11.8. The summed E-state index contributed by atoms with van der Waals surface area (Å²) < 4.78 is 0. The lowest BCUT2D eigenvalue weighted by atomic mass is 9.99. The predicted molar refractivity (Wildman–Crippen MR) is 65.2 cm³/mol. The largest absolute Gasteiger partial charge is 0.353 e. The molecular formula is C13H24N2O. The van der Waals surface area contributed by atoms with Crippen LogP contribution < -0.4 is 10.6 Å². The lowest BCUT2D eigenvalue weighted by Crippen LogP contribution is -2.40. The number of hydrogen-bond acceptors (Lipinski definition) is 2. The first-order valence-corrected chi connectivity index (χ1v) is 6.78. The summed E-state index contributed by atoms with van der Waals surface area (Å²) in [6.07, 6.45) is 8.31. The van der Waals surface area contributed by atoms with Crippen molar-refractivity contribution in [3.63, 3.8) is 0 Å². The van der Waals surface area contributed by atoms with Crippen molar-refractivity contribution < 1.29 is 4.79 Å². The minimum absolute atomic E-state index is 0.235. The van der Waals surface area contributed by atoms with Crippen LogP contribution in [0.5, 0.6) is 0 Å². The van der Waals surface area contributed by atoms with Gasteiger partial charge in [0, 0.05) is 18.5 Å². The van der Waals surface area contributed by atoms with Gasteiger partial charge in [0.05, 0.1) is 0 Å². The van der Waals surface area contributed by atoms with E-state index in [2.05, 4.69) is 17.6 Å². The van der Waals surface area contributed by atoms with Gasteiger partial charge in [0.1, 0.15) is 0 Å². The Morgan fingerprint density at radius 3 is 2.69 bits per heavy atom. The van der Waals surface area contributed by atoms with Crippen LogP contribution in [0.15, 0.2) is 0 Å². The maximum Gasteiger partial charge on any atom is 0.221 e. The molecular weight excluding hydrogens is 200 g/mol. The van der Waals surface area contributed by atoms with E-state index in [0.717, 1.165) is 18.9 Å². The zero-order valence-electron chi connectivity index (χ0n) is 10.3. The molecule has 2 aliphatic rings. The Hall–Kier alpha value is -0.570. The minimum atomic E-state index is 0.235. The molecule has 1 aliphatic carbocycles. The molecule has 1 amide bonds. The number of hydrogen-bond donors (Lipinski definition) is 2. The Morgan fingerprint density at radius 2 is 2.06 bits per heavy atom. The van der Waals surface area contributed by atoms with Gasteiger partial charge in [-0.1, -0.05) is 12.8 Å². The molecule has 92 valence electrons. The highest BCUT2D eigenvalue weighted by Gasteiger charge is 2.24. The zero-order chi connectivity index (χ0) is 11.4. The fourth-order valence-corrected chi connectivity index (χ4v) is 3.04. The molecule has 1 aliphatic heterocycles. The van der Waals surface area contributed by atoms with Crippen molar-refractivity contribution in [3.8, 4) is 0 Å². The summed E-state index contributed by atoms with van der Waals surface area (Å²) in [5, 5.41) is 6.54. The van der Waals surface area contributed by atoms with Gasteiger partial charge in [0.2, 0.25) is 5.91 Å². The Bertz CT molecular complexity index is 230. The van der Waals surface area contributed by atoms with E-state index in [4.69, 9.17) is 0 Å². The Labute approximate surface area is 98.4 Å². The Morgan fingerprint density at radius 1 is 1.31 bits per heavy atom. The van der Waals surface area contributed by atoms with Crippen molar-refractivity contribution in [2.24, 2.45) is 5.92 Å². The van der Waals surface area contributed by atoms with Gasteiger partial charge in [-0.25, -0.2) is 0 Å². The number of carbonyl (C=O) groups is 1. The molecule has 1 heterocycles. The van der Waals surface area contributed by atoms with Crippen molar-refractivity contribution in [1.82, 2.24) is 10.6 Å². The Balaban J connectivity index is 1.68. The van der Waals surface area contributed by atoms with E-state index in [1.807, 2.05) is 0 Å². The first kappa shape index (κ1) is 11.9. The second-order valence-electron chi connectivity index (χ2n) is 5.40. The Kier molecular flexibility index (Phi) is 4.22.